The number of amides is 1. The Balaban J connectivity index is 2.84. The van der Waals surface area contributed by atoms with Crippen molar-refractivity contribution in [2.45, 2.75) is 40.0 Å². The van der Waals surface area contributed by atoms with Gasteiger partial charge >= 0.3 is 5.97 Å². The first-order valence-electron chi connectivity index (χ1n) is 7.10. The van der Waals surface area contributed by atoms with Crippen LogP contribution in [-0.4, -0.2) is 28.6 Å². The lowest BCUT2D eigenvalue weighted by atomic mass is 9.79. The van der Waals surface area contributed by atoms with Gasteiger partial charge in [-0.25, -0.2) is 4.98 Å². The van der Waals surface area contributed by atoms with Crippen molar-refractivity contribution in [1.82, 2.24) is 4.98 Å². The summed E-state index contributed by atoms with van der Waals surface area (Å²) in [7, 11) is 0. The van der Waals surface area contributed by atoms with Crippen molar-refractivity contribution in [2.24, 2.45) is 5.41 Å². The molecule has 0 fully saturated rings. The lowest BCUT2D eigenvalue weighted by Gasteiger charge is -2.25. The maximum absolute atomic E-state index is 12.1. The van der Waals surface area contributed by atoms with Gasteiger partial charge < -0.3 is 15.2 Å². The van der Waals surface area contributed by atoms with E-state index >= 15 is 0 Å². The summed E-state index contributed by atoms with van der Waals surface area (Å²) in [4.78, 5) is 27.6. The molecule has 6 nitrogen and oxygen atoms in total. The fourth-order valence-electron chi connectivity index (χ4n) is 2.12. The van der Waals surface area contributed by atoms with Crippen LogP contribution >= 0.6 is 0 Å². The number of carboxylic acid groups (broad SMARTS) is 1. The topological polar surface area (TPSA) is 88.5 Å². The monoisotopic (exact) mass is 294 g/mol. The molecule has 1 heterocycles. The summed E-state index contributed by atoms with van der Waals surface area (Å²) in [6.45, 7) is 5.81. The molecule has 21 heavy (non-hydrogen) atoms. The summed E-state index contributed by atoms with van der Waals surface area (Å²) in [6.07, 6.45) is 2.30. The van der Waals surface area contributed by atoms with Gasteiger partial charge in [0.15, 0.2) is 0 Å². The fraction of sp³-hybridized carbons (Fsp3) is 0.533. The molecule has 0 saturated carbocycles. The van der Waals surface area contributed by atoms with Crippen LogP contribution in [0.4, 0.5) is 5.69 Å². The molecule has 0 radical (unpaired) electrons. The molecule has 0 aliphatic carbocycles. The largest absolute Gasteiger partial charge is 0.481 e. The van der Waals surface area contributed by atoms with Gasteiger partial charge in [-0.05, 0) is 31.9 Å². The molecule has 1 rings (SSSR count). The zero-order chi connectivity index (χ0) is 15.9. The number of nitrogens with zero attached hydrogens (tertiary/aromatic N) is 1. The SMILES string of the molecule is CCOc1ncccc1NC(=O)CC(CC)(CC)C(=O)O. The Hall–Kier alpha value is -2.11. The molecule has 0 aromatic carbocycles. The summed E-state index contributed by atoms with van der Waals surface area (Å²) in [5, 5.41) is 12.0. The molecule has 1 amide bonds. The predicted octanol–water partition coefficient (Wildman–Crippen LogP) is 2.70. The predicted molar refractivity (Wildman–Crippen MR) is 79.3 cm³/mol. The highest BCUT2D eigenvalue weighted by Crippen LogP contribution is 2.32. The molecule has 0 bridgehead atoms. The zero-order valence-electron chi connectivity index (χ0n) is 12.7. The lowest BCUT2D eigenvalue weighted by Crippen LogP contribution is -2.34. The lowest BCUT2D eigenvalue weighted by molar-refractivity contribution is -0.151. The van der Waals surface area contributed by atoms with Gasteiger partial charge in [0.05, 0.1) is 12.0 Å². The first kappa shape index (κ1) is 16.9. The van der Waals surface area contributed by atoms with Crippen molar-refractivity contribution >= 4 is 17.6 Å². The summed E-state index contributed by atoms with van der Waals surface area (Å²) in [5.74, 6) is -0.962. The highest BCUT2D eigenvalue weighted by molar-refractivity contribution is 5.95. The second-order valence-corrected chi connectivity index (χ2v) is 4.81. The number of anilines is 1. The molecule has 0 atom stereocenters. The van der Waals surface area contributed by atoms with Crippen LogP contribution in [0.2, 0.25) is 0 Å². The van der Waals surface area contributed by atoms with Crippen LogP contribution in [0, 0.1) is 5.41 Å². The van der Waals surface area contributed by atoms with Gasteiger partial charge in [0.25, 0.3) is 0 Å². The number of ether oxygens (including phenoxy) is 1. The number of carbonyl (C=O) groups is 2. The summed E-state index contributed by atoms with van der Waals surface area (Å²) in [6, 6.07) is 3.36. The number of nitrogens with one attached hydrogen (secondary N) is 1. The summed E-state index contributed by atoms with van der Waals surface area (Å²) >= 11 is 0. The molecule has 0 aliphatic rings. The molecular weight excluding hydrogens is 272 g/mol. The van der Waals surface area contributed by atoms with E-state index < -0.39 is 11.4 Å². The highest BCUT2D eigenvalue weighted by atomic mass is 16.5. The molecule has 0 spiro atoms. The van der Waals surface area contributed by atoms with Crippen molar-refractivity contribution in [2.75, 3.05) is 11.9 Å². The zero-order valence-corrected chi connectivity index (χ0v) is 12.7. The number of hydrogen-bond donors (Lipinski definition) is 2. The molecule has 6 heteroatoms. The van der Waals surface area contributed by atoms with E-state index in [1.807, 2.05) is 6.92 Å². The van der Waals surface area contributed by atoms with Crippen molar-refractivity contribution in [1.29, 1.82) is 0 Å². The van der Waals surface area contributed by atoms with Crippen LogP contribution in [0.3, 0.4) is 0 Å². The standard InChI is InChI=1S/C15H22N2O4/c1-4-15(5-2,14(19)20)10-12(18)17-11-8-7-9-16-13(11)21-6-3/h7-9H,4-6,10H2,1-3H3,(H,17,18)(H,19,20). The van der Waals surface area contributed by atoms with E-state index in [2.05, 4.69) is 10.3 Å². The average Bonchev–Trinajstić information content (AvgIpc) is 2.47. The molecule has 1 aromatic heterocycles. The van der Waals surface area contributed by atoms with Crippen molar-refractivity contribution in [3.63, 3.8) is 0 Å². The van der Waals surface area contributed by atoms with E-state index in [-0.39, 0.29) is 12.3 Å². The van der Waals surface area contributed by atoms with Crippen LogP contribution in [0.5, 0.6) is 5.88 Å². The van der Waals surface area contributed by atoms with Crippen molar-refractivity contribution < 1.29 is 19.4 Å². The van der Waals surface area contributed by atoms with E-state index in [0.29, 0.717) is 31.0 Å². The minimum absolute atomic E-state index is 0.0736. The minimum atomic E-state index is -1.03. The maximum Gasteiger partial charge on any atom is 0.310 e. The number of aromatic nitrogens is 1. The Bertz CT molecular complexity index is 498. The Morgan fingerprint density at radius 2 is 2.00 bits per heavy atom. The highest BCUT2D eigenvalue weighted by Gasteiger charge is 2.37. The normalized spacial score (nSPS) is 11.0. The third-order valence-electron chi connectivity index (χ3n) is 3.63. The van der Waals surface area contributed by atoms with Crippen LogP contribution in [-0.2, 0) is 9.59 Å². The molecule has 0 unspecified atom stereocenters. The molecule has 2 N–H and O–H groups in total. The maximum atomic E-state index is 12.1. The third-order valence-corrected chi connectivity index (χ3v) is 3.63. The van der Waals surface area contributed by atoms with E-state index in [4.69, 9.17) is 4.74 Å². The van der Waals surface area contributed by atoms with Crippen LogP contribution in [0.15, 0.2) is 18.3 Å². The van der Waals surface area contributed by atoms with Crippen molar-refractivity contribution in [3.05, 3.63) is 18.3 Å². The molecule has 1 aromatic rings. The molecule has 0 saturated heterocycles. The van der Waals surface area contributed by atoms with Crippen LogP contribution in [0.25, 0.3) is 0 Å². The number of carboxylic acids is 1. The van der Waals surface area contributed by atoms with Crippen LogP contribution < -0.4 is 10.1 Å². The van der Waals surface area contributed by atoms with E-state index in [1.54, 1.807) is 32.2 Å². The van der Waals surface area contributed by atoms with E-state index in [1.165, 1.54) is 0 Å². The van der Waals surface area contributed by atoms with Gasteiger partial charge in [-0.2, -0.15) is 0 Å². The summed E-state index contributed by atoms with van der Waals surface area (Å²) in [5.41, 5.74) is -0.575. The van der Waals surface area contributed by atoms with Gasteiger partial charge in [0, 0.05) is 12.6 Å². The number of rotatable bonds is 8. The Kier molecular flexibility index (Phi) is 6.14. The van der Waals surface area contributed by atoms with E-state index in [0.717, 1.165) is 0 Å². The van der Waals surface area contributed by atoms with E-state index in [9.17, 15) is 14.7 Å². The summed E-state index contributed by atoms with van der Waals surface area (Å²) < 4.78 is 5.33. The number of hydrogen-bond acceptors (Lipinski definition) is 4. The van der Waals surface area contributed by atoms with Gasteiger partial charge in [0.1, 0.15) is 5.69 Å². The quantitative estimate of drug-likeness (QED) is 0.769. The molecule has 116 valence electrons. The van der Waals surface area contributed by atoms with Crippen molar-refractivity contribution in [3.8, 4) is 5.88 Å². The Morgan fingerprint density at radius 1 is 1.33 bits per heavy atom. The second kappa shape index (κ2) is 7.61. The van der Waals surface area contributed by atoms with Gasteiger partial charge in [-0.15, -0.1) is 0 Å². The first-order chi connectivity index (χ1) is 9.99. The number of carbonyl (C=O) groups excluding carboxylic acids is 1. The Morgan fingerprint density at radius 3 is 2.52 bits per heavy atom. The third kappa shape index (κ3) is 4.18. The Labute approximate surface area is 124 Å². The molecule has 0 aliphatic heterocycles. The first-order valence-corrected chi connectivity index (χ1v) is 7.10. The van der Waals surface area contributed by atoms with Crippen LogP contribution in [0.1, 0.15) is 40.0 Å². The fourth-order valence-corrected chi connectivity index (χ4v) is 2.12. The minimum Gasteiger partial charge on any atom is -0.481 e. The van der Waals surface area contributed by atoms with Gasteiger partial charge in [-0.3, -0.25) is 9.59 Å². The molecular formula is C15H22N2O4. The van der Waals surface area contributed by atoms with Gasteiger partial charge in [-0.1, -0.05) is 13.8 Å². The smallest absolute Gasteiger partial charge is 0.310 e. The average molecular weight is 294 g/mol. The number of pyridine rings is 1. The number of aliphatic carboxylic acids is 1. The second-order valence-electron chi connectivity index (χ2n) is 4.81. The van der Waals surface area contributed by atoms with Gasteiger partial charge in [0.2, 0.25) is 11.8 Å².